The lowest BCUT2D eigenvalue weighted by Gasteiger charge is -2.36. The highest BCUT2D eigenvalue weighted by molar-refractivity contribution is 5.78. The average molecular weight is 283 g/mol. The first-order valence-electron chi connectivity index (χ1n) is 7.42. The molecule has 0 fully saturated rings. The fourth-order valence-electron chi connectivity index (χ4n) is 2.74. The normalized spacial score (nSPS) is 15.8. The Labute approximate surface area is 125 Å². The van der Waals surface area contributed by atoms with Gasteiger partial charge in [-0.05, 0) is 30.7 Å². The van der Waals surface area contributed by atoms with Gasteiger partial charge in [-0.2, -0.15) is 0 Å². The number of aliphatic hydroxyl groups excluding tert-OH is 1. The van der Waals surface area contributed by atoms with Crippen LogP contribution in [0.2, 0.25) is 0 Å². The van der Waals surface area contributed by atoms with Crippen LogP contribution in [0.3, 0.4) is 0 Å². The van der Waals surface area contributed by atoms with E-state index < -0.39 is 6.10 Å². The maximum atomic E-state index is 9.84. The number of nitrogens with zero attached hydrogens (tertiary/aromatic N) is 3. The third-order valence-electron chi connectivity index (χ3n) is 4.05. The zero-order valence-corrected chi connectivity index (χ0v) is 12.5. The van der Waals surface area contributed by atoms with Crippen LogP contribution in [0, 0.1) is 0 Å². The smallest absolute Gasteiger partial charge is 0.0957 e. The molecule has 1 aromatic heterocycles. The number of aromatic nitrogens is 1. The highest BCUT2D eigenvalue weighted by Crippen LogP contribution is 2.36. The summed E-state index contributed by atoms with van der Waals surface area (Å²) >= 11 is 0. The molecule has 1 atom stereocenters. The van der Waals surface area contributed by atoms with Crippen LogP contribution in [0.25, 0.3) is 0 Å². The van der Waals surface area contributed by atoms with Gasteiger partial charge in [-0.25, -0.2) is 0 Å². The molecule has 0 amide bonds. The molecule has 0 saturated heterocycles. The number of fused-ring (bicyclic) bond motifs is 1. The molecule has 1 aliphatic rings. The number of anilines is 3. The van der Waals surface area contributed by atoms with Crippen molar-refractivity contribution >= 4 is 17.1 Å². The second-order valence-electron chi connectivity index (χ2n) is 5.43. The minimum atomic E-state index is -0.473. The van der Waals surface area contributed by atoms with E-state index in [0.29, 0.717) is 6.42 Å². The van der Waals surface area contributed by atoms with Gasteiger partial charge in [0, 0.05) is 20.1 Å². The first-order chi connectivity index (χ1) is 10.2. The lowest BCUT2D eigenvalue weighted by Crippen LogP contribution is -2.36. The van der Waals surface area contributed by atoms with Crippen molar-refractivity contribution in [3.8, 4) is 0 Å². The van der Waals surface area contributed by atoms with Crippen molar-refractivity contribution in [2.75, 3.05) is 29.9 Å². The lowest BCUT2D eigenvalue weighted by molar-refractivity contribution is 0.169. The van der Waals surface area contributed by atoms with Crippen molar-refractivity contribution in [3.63, 3.8) is 0 Å². The Morgan fingerprint density at radius 1 is 1.14 bits per heavy atom. The van der Waals surface area contributed by atoms with Crippen molar-refractivity contribution < 1.29 is 5.11 Å². The quantitative estimate of drug-likeness (QED) is 0.939. The van der Waals surface area contributed by atoms with Crippen molar-refractivity contribution in [1.29, 1.82) is 0 Å². The van der Waals surface area contributed by atoms with E-state index >= 15 is 0 Å². The highest BCUT2D eigenvalue weighted by Gasteiger charge is 2.21. The number of hydrogen-bond donors (Lipinski definition) is 1. The van der Waals surface area contributed by atoms with Gasteiger partial charge in [0.2, 0.25) is 0 Å². The molecule has 0 aliphatic carbocycles. The van der Waals surface area contributed by atoms with Gasteiger partial charge in [0.15, 0.2) is 0 Å². The van der Waals surface area contributed by atoms with Gasteiger partial charge in [0.25, 0.3) is 0 Å². The largest absolute Gasteiger partial charge is 0.387 e. The van der Waals surface area contributed by atoms with E-state index in [9.17, 15) is 5.11 Å². The van der Waals surface area contributed by atoms with E-state index in [1.165, 1.54) is 11.4 Å². The van der Waals surface area contributed by atoms with Crippen molar-refractivity contribution in [3.05, 3.63) is 48.3 Å². The van der Waals surface area contributed by atoms with Crippen molar-refractivity contribution in [2.24, 2.45) is 0 Å². The molecule has 4 nitrogen and oxygen atoms in total. The van der Waals surface area contributed by atoms with Gasteiger partial charge in [-0.15, -0.1) is 0 Å². The summed E-state index contributed by atoms with van der Waals surface area (Å²) < 4.78 is 0. The molecule has 1 aromatic carbocycles. The number of para-hydroxylation sites is 2. The van der Waals surface area contributed by atoms with Crippen LogP contribution < -0.4 is 9.80 Å². The molecular formula is C17H21N3O. The third-order valence-corrected chi connectivity index (χ3v) is 4.05. The fourth-order valence-corrected chi connectivity index (χ4v) is 2.74. The monoisotopic (exact) mass is 283 g/mol. The van der Waals surface area contributed by atoms with E-state index in [4.69, 9.17) is 0 Å². The molecule has 0 saturated carbocycles. The van der Waals surface area contributed by atoms with E-state index in [0.717, 1.165) is 24.5 Å². The summed E-state index contributed by atoms with van der Waals surface area (Å²) in [6.07, 6.45) is 2.07. The maximum Gasteiger partial charge on any atom is 0.0957 e. The molecule has 4 heteroatoms. The molecule has 110 valence electrons. The Morgan fingerprint density at radius 2 is 1.90 bits per heavy atom. The molecule has 3 rings (SSSR count). The van der Waals surface area contributed by atoms with Crippen LogP contribution in [0.1, 0.15) is 25.1 Å². The van der Waals surface area contributed by atoms with Crippen LogP contribution >= 0.6 is 0 Å². The van der Waals surface area contributed by atoms with Gasteiger partial charge in [0.05, 0.1) is 35.1 Å². The molecule has 2 heterocycles. The Hall–Kier alpha value is -2.07. The number of pyridine rings is 1. The Balaban J connectivity index is 1.93. The second kappa shape index (κ2) is 5.74. The Morgan fingerprint density at radius 3 is 2.57 bits per heavy atom. The molecule has 1 N–H and O–H groups in total. The molecule has 0 bridgehead atoms. The Bertz CT molecular complexity index is 612. The minimum absolute atomic E-state index is 0.473. The summed E-state index contributed by atoms with van der Waals surface area (Å²) in [7, 11) is 2.12. The standard InChI is InChI=1S/C17H21N3O/c1-3-17(21)14-9-8-13(12-18-14)20-11-10-19(2)15-6-4-5-7-16(15)20/h4-9,12,17,21H,3,10-11H2,1-2H3/t17-/m1/s1. The van der Waals surface area contributed by atoms with E-state index in [1.54, 1.807) is 0 Å². The summed E-state index contributed by atoms with van der Waals surface area (Å²) in [6, 6.07) is 12.4. The SMILES string of the molecule is CC[C@@H](O)c1ccc(N2CCN(C)c3ccccc32)cn1. The lowest BCUT2D eigenvalue weighted by atomic mass is 10.1. The zero-order valence-electron chi connectivity index (χ0n) is 12.5. The van der Waals surface area contributed by atoms with Gasteiger partial charge >= 0.3 is 0 Å². The summed E-state index contributed by atoms with van der Waals surface area (Å²) in [5.74, 6) is 0. The van der Waals surface area contributed by atoms with E-state index in [1.807, 2.05) is 25.3 Å². The molecule has 21 heavy (non-hydrogen) atoms. The number of aliphatic hydroxyl groups is 1. The summed E-state index contributed by atoms with van der Waals surface area (Å²) in [5.41, 5.74) is 4.25. The number of likely N-dealkylation sites (N-methyl/N-ethyl adjacent to an activating group) is 1. The molecule has 2 aromatic rings. The van der Waals surface area contributed by atoms with Crippen LogP contribution in [0.5, 0.6) is 0 Å². The summed E-state index contributed by atoms with van der Waals surface area (Å²) in [4.78, 5) is 8.97. The Kier molecular flexibility index (Phi) is 3.80. The van der Waals surface area contributed by atoms with Gasteiger partial charge in [-0.3, -0.25) is 4.98 Å². The predicted octanol–water partition coefficient (Wildman–Crippen LogP) is 3.11. The fraction of sp³-hybridized carbons (Fsp3) is 0.353. The predicted molar refractivity (Wildman–Crippen MR) is 86.2 cm³/mol. The topological polar surface area (TPSA) is 39.6 Å². The van der Waals surface area contributed by atoms with Crippen molar-refractivity contribution in [1.82, 2.24) is 4.98 Å². The molecule has 0 radical (unpaired) electrons. The van der Waals surface area contributed by atoms with E-state index in [-0.39, 0.29) is 0 Å². The third kappa shape index (κ3) is 2.59. The van der Waals surface area contributed by atoms with Gasteiger partial charge < -0.3 is 14.9 Å². The average Bonchev–Trinajstić information content (AvgIpc) is 2.55. The first kappa shape index (κ1) is 13.9. The first-order valence-corrected chi connectivity index (χ1v) is 7.42. The molecule has 0 spiro atoms. The molecule has 1 aliphatic heterocycles. The molecule has 0 unspecified atom stereocenters. The van der Waals surface area contributed by atoms with Gasteiger partial charge in [0.1, 0.15) is 0 Å². The van der Waals surface area contributed by atoms with Crippen LogP contribution in [0.15, 0.2) is 42.6 Å². The number of rotatable bonds is 3. The highest BCUT2D eigenvalue weighted by atomic mass is 16.3. The molecular weight excluding hydrogens is 262 g/mol. The van der Waals surface area contributed by atoms with Crippen LogP contribution in [-0.4, -0.2) is 30.2 Å². The maximum absolute atomic E-state index is 9.84. The summed E-state index contributed by atoms with van der Waals surface area (Å²) in [5, 5.41) is 9.84. The van der Waals surface area contributed by atoms with Crippen LogP contribution in [-0.2, 0) is 0 Å². The van der Waals surface area contributed by atoms with E-state index in [2.05, 4.69) is 46.1 Å². The van der Waals surface area contributed by atoms with Gasteiger partial charge in [-0.1, -0.05) is 19.1 Å². The zero-order chi connectivity index (χ0) is 14.8. The van der Waals surface area contributed by atoms with Crippen molar-refractivity contribution in [2.45, 2.75) is 19.4 Å². The summed E-state index contributed by atoms with van der Waals surface area (Å²) in [6.45, 7) is 3.87. The second-order valence-corrected chi connectivity index (χ2v) is 5.43. The van der Waals surface area contributed by atoms with Crippen LogP contribution in [0.4, 0.5) is 17.1 Å². The number of hydrogen-bond acceptors (Lipinski definition) is 4. The minimum Gasteiger partial charge on any atom is -0.387 e. The number of benzene rings is 1.